The second-order valence-electron chi connectivity index (χ2n) is 7.26. The molecule has 7 heteroatoms. The fourth-order valence-corrected chi connectivity index (χ4v) is 3.81. The van der Waals surface area contributed by atoms with Crippen molar-refractivity contribution in [3.05, 3.63) is 59.1 Å². The van der Waals surface area contributed by atoms with Crippen LogP contribution in [0.2, 0.25) is 5.02 Å². The molecule has 0 aliphatic heterocycles. The summed E-state index contributed by atoms with van der Waals surface area (Å²) in [5.41, 5.74) is 0.943. The molecule has 2 aromatic carbocycles. The minimum atomic E-state index is -0.567. The second kappa shape index (κ2) is 11.9. The van der Waals surface area contributed by atoms with Gasteiger partial charge in [0.25, 0.3) is 0 Å². The van der Waals surface area contributed by atoms with Crippen molar-refractivity contribution >= 4 is 35.2 Å². The number of thioether (sulfide) groups is 1. The third-order valence-corrected chi connectivity index (χ3v) is 5.77. The topological polar surface area (TPSA) is 58.6 Å². The molecule has 2 amide bonds. The van der Waals surface area contributed by atoms with Gasteiger partial charge in [0.15, 0.2) is 0 Å². The number of benzene rings is 2. The highest BCUT2D eigenvalue weighted by Crippen LogP contribution is 2.22. The molecular weight excluding hydrogens is 420 g/mol. The standard InChI is InChI=1S/C23H29ClN2O3S/c1-16(2)25-23(28)17(3)26(15-18-5-9-20(29-4)10-6-18)22(27)13-14-30-21-11-7-19(24)8-12-21/h5-12,16-17H,13-15H2,1-4H3,(H,25,28)/t17-/m1/s1. The molecule has 1 atom stereocenters. The lowest BCUT2D eigenvalue weighted by Gasteiger charge is -2.29. The van der Waals surface area contributed by atoms with Gasteiger partial charge < -0.3 is 15.0 Å². The number of ether oxygens (including phenoxy) is 1. The average molecular weight is 449 g/mol. The lowest BCUT2D eigenvalue weighted by molar-refractivity contribution is -0.140. The van der Waals surface area contributed by atoms with E-state index in [1.165, 1.54) is 0 Å². The van der Waals surface area contributed by atoms with E-state index in [1.807, 2.05) is 62.4 Å². The maximum atomic E-state index is 13.0. The Labute approximate surface area is 188 Å². The first-order valence-corrected chi connectivity index (χ1v) is 11.3. The number of halogens is 1. The van der Waals surface area contributed by atoms with Crippen molar-refractivity contribution in [2.75, 3.05) is 12.9 Å². The van der Waals surface area contributed by atoms with Crippen LogP contribution in [-0.4, -0.2) is 41.7 Å². The molecule has 0 saturated heterocycles. The molecule has 0 fully saturated rings. The van der Waals surface area contributed by atoms with E-state index in [4.69, 9.17) is 16.3 Å². The third kappa shape index (κ3) is 7.58. The van der Waals surface area contributed by atoms with Crippen LogP contribution in [0.15, 0.2) is 53.4 Å². The number of hydrogen-bond donors (Lipinski definition) is 1. The molecule has 0 aromatic heterocycles. The summed E-state index contributed by atoms with van der Waals surface area (Å²) in [6, 6.07) is 14.5. The molecule has 0 radical (unpaired) electrons. The summed E-state index contributed by atoms with van der Waals surface area (Å²) in [4.78, 5) is 28.3. The molecule has 2 aromatic rings. The number of nitrogens with zero attached hydrogens (tertiary/aromatic N) is 1. The van der Waals surface area contributed by atoms with Gasteiger partial charge in [0, 0.05) is 34.7 Å². The van der Waals surface area contributed by atoms with Crippen LogP contribution in [0.25, 0.3) is 0 Å². The van der Waals surface area contributed by atoms with Crippen molar-refractivity contribution in [2.45, 2.75) is 50.7 Å². The summed E-state index contributed by atoms with van der Waals surface area (Å²) < 4.78 is 5.20. The molecular formula is C23H29ClN2O3S. The minimum absolute atomic E-state index is 0.0124. The number of amides is 2. The van der Waals surface area contributed by atoms with E-state index < -0.39 is 6.04 Å². The largest absolute Gasteiger partial charge is 0.497 e. The maximum absolute atomic E-state index is 13.0. The molecule has 30 heavy (non-hydrogen) atoms. The number of nitrogens with one attached hydrogen (secondary N) is 1. The Morgan fingerprint density at radius 1 is 1.07 bits per heavy atom. The SMILES string of the molecule is COc1ccc(CN(C(=O)CCSc2ccc(Cl)cc2)[C@H](C)C(=O)NC(C)C)cc1. The molecule has 2 rings (SSSR count). The molecule has 5 nitrogen and oxygen atoms in total. The number of rotatable bonds is 10. The highest BCUT2D eigenvalue weighted by molar-refractivity contribution is 7.99. The quantitative estimate of drug-likeness (QED) is 0.532. The molecule has 0 heterocycles. The smallest absolute Gasteiger partial charge is 0.242 e. The maximum Gasteiger partial charge on any atom is 0.242 e. The van der Waals surface area contributed by atoms with Crippen LogP contribution in [0.5, 0.6) is 5.75 Å². The van der Waals surface area contributed by atoms with E-state index in [9.17, 15) is 9.59 Å². The van der Waals surface area contributed by atoms with Gasteiger partial charge in [0.1, 0.15) is 11.8 Å². The molecule has 1 N–H and O–H groups in total. The third-order valence-electron chi connectivity index (χ3n) is 4.51. The van der Waals surface area contributed by atoms with Gasteiger partial charge >= 0.3 is 0 Å². The minimum Gasteiger partial charge on any atom is -0.497 e. The van der Waals surface area contributed by atoms with Crippen LogP contribution in [0.4, 0.5) is 0 Å². The van der Waals surface area contributed by atoms with E-state index in [1.54, 1.807) is 30.7 Å². The van der Waals surface area contributed by atoms with Crippen molar-refractivity contribution in [1.82, 2.24) is 10.2 Å². The van der Waals surface area contributed by atoms with Crippen LogP contribution in [0.1, 0.15) is 32.8 Å². The van der Waals surface area contributed by atoms with Crippen molar-refractivity contribution in [2.24, 2.45) is 0 Å². The molecule has 0 aliphatic carbocycles. The van der Waals surface area contributed by atoms with Crippen molar-refractivity contribution in [3.8, 4) is 5.75 Å². The Hall–Kier alpha value is -2.18. The molecule has 0 aliphatic rings. The molecule has 162 valence electrons. The van der Waals surface area contributed by atoms with E-state index in [-0.39, 0.29) is 17.9 Å². The van der Waals surface area contributed by atoms with E-state index >= 15 is 0 Å². The van der Waals surface area contributed by atoms with Gasteiger partial charge in [-0.25, -0.2) is 0 Å². The first-order valence-electron chi connectivity index (χ1n) is 9.91. The Morgan fingerprint density at radius 2 is 1.70 bits per heavy atom. The van der Waals surface area contributed by atoms with Gasteiger partial charge in [0.2, 0.25) is 11.8 Å². The van der Waals surface area contributed by atoms with Crippen LogP contribution >= 0.6 is 23.4 Å². The van der Waals surface area contributed by atoms with Gasteiger partial charge in [-0.1, -0.05) is 23.7 Å². The first-order chi connectivity index (χ1) is 14.3. The monoisotopic (exact) mass is 448 g/mol. The number of carbonyl (C=O) groups excluding carboxylic acids is 2. The molecule has 0 unspecified atom stereocenters. The summed E-state index contributed by atoms with van der Waals surface area (Å²) in [5, 5.41) is 3.58. The van der Waals surface area contributed by atoms with Crippen LogP contribution in [0, 0.1) is 0 Å². The summed E-state index contributed by atoms with van der Waals surface area (Å²) in [5.74, 6) is 1.16. The summed E-state index contributed by atoms with van der Waals surface area (Å²) >= 11 is 7.51. The van der Waals surface area contributed by atoms with Gasteiger partial charge in [-0.15, -0.1) is 11.8 Å². The van der Waals surface area contributed by atoms with Crippen molar-refractivity contribution < 1.29 is 14.3 Å². The average Bonchev–Trinajstić information content (AvgIpc) is 2.72. The normalized spacial score (nSPS) is 11.8. The number of methoxy groups -OCH3 is 1. The van der Waals surface area contributed by atoms with Gasteiger partial charge in [0.05, 0.1) is 7.11 Å². The summed E-state index contributed by atoms with van der Waals surface area (Å²) in [7, 11) is 1.61. The van der Waals surface area contributed by atoms with Gasteiger partial charge in [-0.05, 0) is 62.7 Å². The van der Waals surface area contributed by atoms with Crippen LogP contribution in [0.3, 0.4) is 0 Å². The zero-order valence-electron chi connectivity index (χ0n) is 17.9. The lowest BCUT2D eigenvalue weighted by atomic mass is 10.1. The van der Waals surface area contributed by atoms with E-state index in [2.05, 4.69) is 5.32 Å². The van der Waals surface area contributed by atoms with Crippen molar-refractivity contribution in [3.63, 3.8) is 0 Å². The Morgan fingerprint density at radius 3 is 2.27 bits per heavy atom. The van der Waals surface area contributed by atoms with Crippen LogP contribution in [-0.2, 0) is 16.1 Å². The summed E-state index contributed by atoms with van der Waals surface area (Å²) in [6.45, 7) is 5.94. The predicted octanol–water partition coefficient (Wildman–Crippen LogP) is 4.77. The van der Waals surface area contributed by atoms with Gasteiger partial charge in [-0.2, -0.15) is 0 Å². The Bertz CT molecular complexity index is 825. The zero-order chi connectivity index (χ0) is 22.1. The predicted molar refractivity (Wildman–Crippen MR) is 123 cm³/mol. The summed E-state index contributed by atoms with van der Waals surface area (Å²) in [6.07, 6.45) is 0.336. The van der Waals surface area contributed by atoms with Gasteiger partial charge in [-0.3, -0.25) is 9.59 Å². The fourth-order valence-electron chi connectivity index (χ4n) is 2.85. The number of carbonyl (C=O) groups is 2. The first kappa shape index (κ1) is 24.1. The lowest BCUT2D eigenvalue weighted by Crippen LogP contribution is -2.49. The molecule has 0 spiro atoms. The Balaban J connectivity index is 2.06. The second-order valence-corrected chi connectivity index (χ2v) is 8.87. The highest BCUT2D eigenvalue weighted by atomic mass is 35.5. The van der Waals surface area contributed by atoms with Crippen molar-refractivity contribution in [1.29, 1.82) is 0 Å². The molecule has 0 saturated carbocycles. The van der Waals surface area contributed by atoms with E-state index in [0.29, 0.717) is 23.7 Å². The fraction of sp³-hybridized carbons (Fsp3) is 0.391. The van der Waals surface area contributed by atoms with E-state index in [0.717, 1.165) is 16.2 Å². The Kier molecular flexibility index (Phi) is 9.53. The van der Waals surface area contributed by atoms with Crippen LogP contribution < -0.4 is 10.1 Å². The zero-order valence-corrected chi connectivity index (χ0v) is 19.4. The highest BCUT2D eigenvalue weighted by Gasteiger charge is 2.26. The number of hydrogen-bond acceptors (Lipinski definition) is 4. The molecule has 0 bridgehead atoms.